The molecule has 0 bridgehead atoms. The number of hydrogen-bond donors (Lipinski definition) is 1. The Morgan fingerprint density at radius 2 is 1.47 bits per heavy atom. The van der Waals surface area contributed by atoms with Gasteiger partial charge in [-0.1, -0.05) is 35.9 Å². The monoisotopic (exact) mass is 234 g/mol. The van der Waals surface area contributed by atoms with Crippen LogP contribution in [-0.4, -0.2) is 5.11 Å². The summed E-state index contributed by atoms with van der Waals surface area (Å²) < 4.78 is 25.8. The Morgan fingerprint density at radius 3 is 2.06 bits per heavy atom. The lowest BCUT2D eigenvalue weighted by Crippen LogP contribution is -2.01. The molecule has 0 unspecified atom stereocenters. The third-order valence-corrected chi connectivity index (χ3v) is 2.65. The van der Waals surface area contributed by atoms with E-state index in [4.69, 9.17) is 0 Å². The van der Waals surface area contributed by atoms with Crippen molar-refractivity contribution in [1.29, 1.82) is 0 Å². The van der Waals surface area contributed by atoms with Crippen molar-refractivity contribution in [2.75, 3.05) is 0 Å². The van der Waals surface area contributed by atoms with Gasteiger partial charge in [-0.25, -0.2) is 8.78 Å². The van der Waals surface area contributed by atoms with Crippen molar-refractivity contribution >= 4 is 0 Å². The van der Waals surface area contributed by atoms with Gasteiger partial charge in [0.25, 0.3) is 0 Å². The Labute approximate surface area is 98.3 Å². The van der Waals surface area contributed by atoms with Crippen LogP contribution in [0.3, 0.4) is 0 Å². The lowest BCUT2D eigenvalue weighted by Gasteiger charge is -2.11. The lowest BCUT2D eigenvalue weighted by molar-refractivity contribution is 0.219. The summed E-state index contributed by atoms with van der Waals surface area (Å²) >= 11 is 0. The topological polar surface area (TPSA) is 20.2 Å². The van der Waals surface area contributed by atoms with Crippen LogP contribution in [0, 0.1) is 18.6 Å². The van der Waals surface area contributed by atoms with Crippen LogP contribution >= 0.6 is 0 Å². The SMILES string of the molecule is Cc1ccc([C@H](O)c2ccc(F)c(F)c2)cc1. The summed E-state index contributed by atoms with van der Waals surface area (Å²) in [6.45, 7) is 1.94. The van der Waals surface area contributed by atoms with E-state index in [-0.39, 0.29) is 0 Å². The third kappa shape index (κ3) is 2.50. The summed E-state index contributed by atoms with van der Waals surface area (Å²) in [6, 6.07) is 10.7. The van der Waals surface area contributed by atoms with Crippen LogP contribution in [-0.2, 0) is 0 Å². The normalized spacial score (nSPS) is 12.5. The zero-order valence-electron chi connectivity index (χ0n) is 9.32. The fraction of sp³-hybridized carbons (Fsp3) is 0.143. The molecule has 3 heteroatoms. The molecule has 0 radical (unpaired) electrons. The summed E-state index contributed by atoms with van der Waals surface area (Å²) in [4.78, 5) is 0. The average Bonchev–Trinajstić information content (AvgIpc) is 2.33. The number of aryl methyl sites for hydroxylation is 1. The van der Waals surface area contributed by atoms with Crippen molar-refractivity contribution in [3.8, 4) is 0 Å². The van der Waals surface area contributed by atoms with Crippen LogP contribution < -0.4 is 0 Å². The molecule has 0 heterocycles. The maximum absolute atomic E-state index is 13.0. The molecule has 0 fully saturated rings. The molecule has 0 aliphatic carbocycles. The Kier molecular flexibility index (Phi) is 3.20. The first-order chi connectivity index (χ1) is 8.08. The van der Waals surface area contributed by atoms with Crippen LogP contribution in [0.15, 0.2) is 42.5 Å². The first kappa shape index (κ1) is 11.7. The number of hydrogen-bond acceptors (Lipinski definition) is 1. The summed E-state index contributed by atoms with van der Waals surface area (Å²) in [5, 5.41) is 10.0. The molecule has 1 nitrogen and oxygen atoms in total. The lowest BCUT2D eigenvalue weighted by atomic mass is 10.0. The van der Waals surface area contributed by atoms with E-state index in [0.717, 1.165) is 17.7 Å². The van der Waals surface area contributed by atoms with Crippen molar-refractivity contribution in [1.82, 2.24) is 0 Å². The van der Waals surface area contributed by atoms with Gasteiger partial charge in [-0.2, -0.15) is 0 Å². The Bertz CT molecular complexity index is 520. The minimum atomic E-state index is -0.950. The van der Waals surface area contributed by atoms with Gasteiger partial charge in [-0.15, -0.1) is 0 Å². The minimum absolute atomic E-state index is 0.341. The number of halogens is 2. The van der Waals surface area contributed by atoms with Crippen molar-refractivity contribution in [3.63, 3.8) is 0 Å². The molecule has 88 valence electrons. The van der Waals surface area contributed by atoms with Gasteiger partial charge in [0.1, 0.15) is 6.10 Å². The predicted molar refractivity (Wildman–Crippen MR) is 61.6 cm³/mol. The predicted octanol–water partition coefficient (Wildman–Crippen LogP) is 3.35. The molecule has 0 aliphatic rings. The number of aliphatic hydroxyl groups is 1. The summed E-state index contributed by atoms with van der Waals surface area (Å²) in [5.74, 6) is -1.86. The fourth-order valence-electron chi connectivity index (χ4n) is 1.62. The zero-order valence-corrected chi connectivity index (χ0v) is 9.32. The molecule has 2 aromatic rings. The molecular weight excluding hydrogens is 222 g/mol. The van der Waals surface area contributed by atoms with E-state index < -0.39 is 17.7 Å². The van der Waals surface area contributed by atoms with Gasteiger partial charge in [0.2, 0.25) is 0 Å². The zero-order chi connectivity index (χ0) is 12.4. The molecule has 0 aliphatic heterocycles. The van der Waals surface area contributed by atoms with E-state index in [9.17, 15) is 13.9 Å². The van der Waals surface area contributed by atoms with E-state index in [1.54, 1.807) is 12.1 Å². The average molecular weight is 234 g/mol. The van der Waals surface area contributed by atoms with Crippen LogP contribution in [0.2, 0.25) is 0 Å². The van der Waals surface area contributed by atoms with Crippen LogP contribution in [0.1, 0.15) is 22.8 Å². The smallest absolute Gasteiger partial charge is 0.159 e. The van der Waals surface area contributed by atoms with Crippen molar-refractivity contribution in [3.05, 3.63) is 70.8 Å². The van der Waals surface area contributed by atoms with E-state index >= 15 is 0 Å². The van der Waals surface area contributed by atoms with Gasteiger partial charge in [0.15, 0.2) is 11.6 Å². The Morgan fingerprint density at radius 1 is 0.882 bits per heavy atom. The van der Waals surface area contributed by atoms with Crippen molar-refractivity contribution in [2.45, 2.75) is 13.0 Å². The van der Waals surface area contributed by atoms with Gasteiger partial charge in [-0.05, 0) is 30.2 Å². The van der Waals surface area contributed by atoms with Crippen LogP contribution in [0.25, 0.3) is 0 Å². The van der Waals surface area contributed by atoms with Gasteiger partial charge in [-0.3, -0.25) is 0 Å². The molecule has 0 saturated carbocycles. The van der Waals surface area contributed by atoms with Gasteiger partial charge >= 0.3 is 0 Å². The molecule has 0 spiro atoms. The molecular formula is C14H12F2O. The van der Waals surface area contributed by atoms with Gasteiger partial charge in [0, 0.05) is 0 Å². The van der Waals surface area contributed by atoms with Gasteiger partial charge < -0.3 is 5.11 Å². The largest absolute Gasteiger partial charge is 0.384 e. The highest BCUT2D eigenvalue weighted by molar-refractivity contribution is 5.32. The first-order valence-corrected chi connectivity index (χ1v) is 5.27. The molecule has 0 amide bonds. The highest BCUT2D eigenvalue weighted by atomic mass is 19.2. The number of benzene rings is 2. The number of rotatable bonds is 2. The quantitative estimate of drug-likeness (QED) is 0.844. The van der Waals surface area contributed by atoms with E-state index in [1.165, 1.54) is 6.07 Å². The highest BCUT2D eigenvalue weighted by Gasteiger charge is 2.12. The molecule has 0 aromatic heterocycles. The maximum Gasteiger partial charge on any atom is 0.159 e. The second kappa shape index (κ2) is 4.63. The Hall–Kier alpha value is -1.74. The second-order valence-electron chi connectivity index (χ2n) is 3.99. The van der Waals surface area contributed by atoms with E-state index in [0.29, 0.717) is 11.1 Å². The van der Waals surface area contributed by atoms with Crippen molar-refractivity contribution < 1.29 is 13.9 Å². The highest BCUT2D eigenvalue weighted by Crippen LogP contribution is 2.23. The minimum Gasteiger partial charge on any atom is -0.384 e. The molecule has 1 atom stereocenters. The molecule has 2 rings (SSSR count). The van der Waals surface area contributed by atoms with Crippen LogP contribution in [0.4, 0.5) is 8.78 Å². The molecule has 17 heavy (non-hydrogen) atoms. The summed E-state index contributed by atoms with van der Waals surface area (Å²) in [6.07, 6.45) is -0.939. The van der Waals surface area contributed by atoms with E-state index in [1.807, 2.05) is 19.1 Å². The third-order valence-electron chi connectivity index (χ3n) is 2.65. The molecule has 0 saturated heterocycles. The van der Waals surface area contributed by atoms with Crippen molar-refractivity contribution in [2.24, 2.45) is 0 Å². The maximum atomic E-state index is 13.0. The summed E-state index contributed by atoms with van der Waals surface area (Å²) in [7, 11) is 0. The van der Waals surface area contributed by atoms with E-state index in [2.05, 4.69) is 0 Å². The second-order valence-corrected chi connectivity index (χ2v) is 3.99. The molecule has 1 N–H and O–H groups in total. The molecule has 2 aromatic carbocycles. The Balaban J connectivity index is 2.33. The first-order valence-electron chi connectivity index (χ1n) is 5.27. The summed E-state index contributed by atoms with van der Waals surface area (Å²) in [5.41, 5.74) is 2.07. The fourth-order valence-corrected chi connectivity index (χ4v) is 1.62. The number of aliphatic hydroxyl groups excluding tert-OH is 1. The standard InChI is InChI=1S/C14H12F2O/c1-9-2-4-10(5-3-9)14(17)11-6-7-12(15)13(16)8-11/h2-8,14,17H,1H3/t14-/m0/s1. The van der Waals surface area contributed by atoms with Crippen LogP contribution in [0.5, 0.6) is 0 Å². The van der Waals surface area contributed by atoms with Gasteiger partial charge in [0.05, 0.1) is 0 Å².